The normalized spacial score (nSPS) is 33.9. The number of nitrogens with one attached hydrogen (secondary N) is 1. The molecule has 112 valence electrons. The molecule has 0 radical (unpaired) electrons. The van der Waals surface area contributed by atoms with Gasteiger partial charge in [0.05, 0.1) is 11.6 Å². The highest BCUT2D eigenvalue weighted by atomic mass is 35.5. The largest absolute Gasteiger partial charge is 0.455 e. The van der Waals surface area contributed by atoms with Crippen molar-refractivity contribution in [1.29, 1.82) is 0 Å². The van der Waals surface area contributed by atoms with Crippen molar-refractivity contribution in [3.63, 3.8) is 0 Å². The first-order chi connectivity index (χ1) is 10.1. The van der Waals surface area contributed by atoms with Crippen LogP contribution in [0.3, 0.4) is 0 Å². The van der Waals surface area contributed by atoms with Gasteiger partial charge < -0.3 is 4.74 Å². The summed E-state index contributed by atoms with van der Waals surface area (Å²) in [6, 6.07) is 1.58. The highest BCUT2D eigenvalue weighted by molar-refractivity contribution is 6.30. The van der Waals surface area contributed by atoms with Gasteiger partial charge in [-0.25, -0.2) is 14.4 Å². The van der Waals surface area contributed by atoms with Crippen molar-refractivity contribution < 1.29 is 9.13 Å². The van der Waals surface area contributed by atoms with Gasteiger partial charge in [-0.3, -0.25) is 10.2 Å². The van der Waals surface area contributed by atoms with Crippen LogP contribution in [0.4, 0.5) is 10.2 Å². The maximum Gasteiger partial charge on any atom is 0.291 e. The van der Waals surface area contributed by atoms with Crippen molar-refractivity contribution in [3.8, 4) is 0 Å². The van der Waals surface area contributed by atoms with Crippen molar-refractivity contribution in [2.75, 3.05) is 31.5 Å². The number of aliphatic imine (C=N–C) groups is 1. The van der Waals surface area contributed by atoms with E-state index in [0.29, 0.717) is 18.5 Å². The van der Waals surface area contributed by atoms with Crippen molar-refractivity contribution in [1.82, 2.24) is 9.88 Å². The van der Waals surface area contributed by atoms with Crippen molar-refractivity contribution >= 4 is 23.4 Å². The average Bonchev–Trinajstić information content (AvgIpc) is 2.86. The lowest BCUT2D eigenvalue weighted by Gasteiger charge is -2.50. The molecule has 2 bridgehead atoms. The van der Waals surface area contributed by atoms with Crippen LogP contribution >= 0.6 is 11.6 Å². The Labute approximate surface area is 127 Å². The third-order valence-electron chi connectivity index (χ3n) is 4.65. The molecule has 3 saturated heterocycles. The van der Waals surface area contributed by atoms with E-state index in [4.69, 9.17) is 16.3 Å². The first kappa shape index (κ1) is 13.3. The molecule has 3 fully saturated rings. The van der Waals surface area contributed by atoms with Gasteiger partial charge in [-0.2, -0.15) is 0 Å². The van der Waals surface area contributed by atoms with Gasteiger partial charge in [0, 0.05) is 18.7 Å². The molecule has 0 aromatic carbocycles. The fraction of sp³-hybridized carbons (Fsp3) is 0.571. The second-order valence-corrected chi connectivity index (χ2v) is 6.38. The number of piperidine rings is 3. The van der Waals surface area contributed by atoms with Crippen LogP contribution in [0.5, 0.6) is 0 Å². The first-order valence-electron chi connectivity index (χ1n) is 7.18. The maximum absolute atomic E-state index is 13.8. The van der Waals surface area contributed by atoms with Crippen LogP contribution in [0.25, 0.3) is 0 Å². The van der Waals surface area contributed by atoms with Crippen LogP contribution < -0.4 is 5.32 Å². The third-order valence-corrected chi connectivity index (χ3v) is 4.85. The number of pyridine rings is 1. The zero-order valence-corrected chi connectivity index (χ0v) is 12.2. The smallest absolute Gasteiger partial charge is 0.291 e. The minimum Gasteiger partial charge on any atom is -0.455 e. The zero-order chi connectivity index (χ0) is 14.4. The standard InChI is InChI=1S/C14H16ClFN4O/c15-10-5-11(16)12(17-6-10)19-13-18-7-14(21-13)8-20-3-1-9(14)2-4-20/h5-6,9H,1-4,7-8H2,(H,17,18,19)/t14-/m0/s1. The molecule has 1 N–H and O–H groups in total. The Bertz CT molecular complexity index is 603. The number of anilines is 1. The number of amidine groups is 1. The lowest BCUT2D eigenvalue weighted by molar-refractivity contribution is -0.0829. The van der Waals surface area contributed by atoms with Crippen molar-refractivity contribution in [3.05, 3.63) is 23.1 Å². The number of hydrogen-bond donors (Lipinski definition) is 1. The number of halogens is 2. The molecule has 4 aliphatic heterocycles. The van der Waals surface area contributed by atoms with E-state index >= 15 is 0 Å². The van der Waals surface area contributed by atoms with E-state index in [0.717, 1.165) is 32.5 Å². The fourth-order valence-corrected chi connectivity index (χ4v) is 3.70. The van der Waals surface area contributed by atoms with E-state index in [1.165, 1.54) is 12.3 Å². The van der Waals surface area contributed by atoms with Crippen molar-refractivity contribution in [2.45, 2.75) is 18.4 Å². The Morgan fingerprint density at radius 3 is 2.90 bits per heavy atom. The van der Waals surface area contributed by atoms with Gasteiger partial charge in [0.15, 0.2) is 11.6 Å². The van der Waals surface area contributed by atoms with E-state index in [9.17, 15) is 4.39 Å². The van der Waals surface area contributed by atoms with E-state index in [2.05, 4.69) is 20.2 Å². The van der Waals surface area contributed by atoms with Gasteiger partial charge in [-0.15, -0.1) is 0 Å². The lowest BCUT2D eigenvalue weighted by atomic mass is 9.75. The Hall–Kier alpha value is -1.40. The molecule has 0 saturated carbocycles. The lowest BCUT2D eigenvalue weighted by Crippen LogP contribution is -2.61. The Morgan fingerprint density at radius 2 is 2.24 bits per heavy atom. The van der Waals surface area contributed by atoms with Gasteiger partial charge >= 0.3 is 0 Å². The summed E-state index contributed by atoms with van der Waals surface area (Å²) in [4.78, 5) is 10.8. The highest BCUT2D eigenvalue weighted by Crippen LogP contribution is 2.40. The molecular weight excluding hydrogens is 295 g/mol. The molecule has 1 aromatic rings. The predicted octanol–water partition coefficient (Wildman–Crippen LogP) is 2.14. The fourth-order valence-electron chi connectivity index (χ4n) is 3.56. The zero-order valence-electron chi connectivity index (χ0n) is 11.5. The summed E-state index contributed by atoms with van der Waals surface area (Å²) in [5.41, 5.74) is -0.234. The molecule has 5 heterocycles. The first-order valence-corrected chi connectivity index (χ1v) is 7.56. The van der Waals surface area contributed by atoms with Crippen molar-refractivity contribution in [2.24, 2.45) is 10.9 Å². The Balaban J connectivity index is 1.49. The molecule has 5 nitrogen and oxygen atoms in total. The van der Waals surface area contributed by atoms with Gasteiger partial charge in [0.25, 0.3) is 6.02 Å². The minimum absolute atomic E-state index is 0.0940. The quantitative estimate of drug-likeness (QED) is 0.863. The van der Waals surface area contributed by atoms with Crippen LogP contribution in [0.1, 0.15) is 12.8 Å². The summed E-state index contributed by atoms with van der Waals surface area (Å²) in [5.74, 6) is 0.119. The van der Waals surface area contributed by atoms with E-state index in [1.54, 1.807) is 0 Å². The van der Waals surface area contributed by atoms with Crippen LogP contribution in [0.15, 0.2) is 17.3 Å². The third kappa shape index (κ3) is 2.26. The van der Waals surface area contributed by atoms with E-state index in [-0.39, 0.29) is 16.4 Å². The molecule has 0 aliphatic carbocycles. The Kier molecular flexibility index (Phi) is 3.04. The summed E-state index contributed by atoms with van der Waals surface area (Å²) in [6.07, 6.45) is 3.69. The minimum atomic E-state index is -0.510. The summed E-state index contributed by atoms with van der Waals surface area (Å²) in [7, 11) is 0. The van der Waals surface area contributed by atoms with Crippen LogP contribution in [-0.4, -0.2) is 47.7 Å². The van der Waals surface area contributed by atoms with Crippen LogP contribution in [-0.2, 0) is 4.74 Å². The monoisotopic (exact) mass is 310 g/mol. The molecule has 4 aliphatic rings. The number of aromatic nitrogens is 1. The molecular formula is C14H16ClFN4O. The van der Waals surface area contributed by atoms with Gasteiger partial charge in [0.2, 0.25) is 0 Å². The molecule has 1 atom stereocenters. The molecule has 0 unspecified atom stereocenters. The molecule has 7 heteroatoms. The second-order valence-electron chi connectivity index (χ2n) is 5.95. The highest BCUT2D eigenvalue weighted by Gasteiger charge is 2.51. The van der Waals surface area contributed by atoms with Gasteiger partial charge in [-0.05, 0) is 32.0 Å². The Morgan fingerprint density at radius 1 is 1.43 bits per heavy atom. The SMILES string of the molecule is Fc1cc(Cl)cnc1NC1=NC[C@@]2(CN3CCC2CC3)O1. The number of ether oxygens (including phenoxy) is 1. The molecule has 1 aromatic heterocycles. The van der Waals surface area contributed by atoms with Crippen LogP contribution in [0.2, 0.25) is 5.02 Å². The molecule has 0 amide bonds. The molecule has 21 heavy (non-hydrogen) atoms. The van der Waals surface area contributed by atoms with E-state index in [1.807, 2.05) is 0 Å². The number of fused-ring (bicyclic) bond motifs is 2. The average molecular weight is 311 g/mol. The molecule has 5 rings (SSSR count). The predicted molar refractivity (Wildman–Crippen MR) is 78.1 cm³/mol. The summed E-state index contributed by atoms with van der Waals surface area (Å²) in [5, 5.41) is 3.10. The summed E-state index contributed by atoms with van der Waals surface area (Å²) in [6.45, 7) is 3.83. The summed E-state index contributed by atoms with van der Waals surface area (Å²) >= 11 is 5.70. The second kappa shape index (κ2) is 4.81. The van der Waals surface area contributed by atoms with Crippen LogP contribution in [0, 0.1) is 11.7 Å². The molecule has 1 spiro atoms. The van der Waals surface area contributed by atoms with E-state index < -0.39 is 5.82 Å². The van der Waals surface area contributed by atoms with Gasteiger partial charge in [-0.1, -0.05) is 11.6 Å². The maximum atomic E-state index is 13.8. The number of nitrogens with zero attached hydrogens (tertiary/aromatic N) is 3. The summed E-state index contributed by atoms with van der Waals surface area (Å²) < 4.78 is 19.8. The number of hydrogen-bond acceptors (Lipinski definition) is 5. The number of rotatable bonds is 1. The topological polar surface area (TPSA) is 49.8 Å². The van der Waals surface area contributed by atoms with Gasteiger partial charge in [0.1, 0.15) is 5.60 Å².